The highest BCUT2D eigenvalue weighted by atomic mass is 16.5. The summed E-state index contributed by atoms with van der Waals surface area (Å²) in [5.41, 5.74) is 4.35. The Kier molecular flexibility index (Phi) is 5.82. The average molecular weight is 392 g/mol. The van der Waals surface area contributed by atoms with Crippen LogP contribution in [0, 0.1) is 0 Å². The molecule has 154 valence electrons. The van der Waals surface area contributed by atoms with Crippen LogP contribution in [0.25, 0.3) is 0 Å². The molecule has 4 heterocycles. The minimum atomic E-state index is 0.440. The number of fused-ring (bicyclic) bond motifs is 3. The standard InChI is InChI=1S/C25H33N3O/c1-2-13-27(14-3-1)15-5-17-29-21-7-8-22-23(18-21)25-6-4-16-28(25)19-24(22)20-9-11-26-12-10-20/h7-12,18,24-25H,1-6,13-17,19H2/t24-,25+/m1/s1. The summed E-state index contributed by atoms with van der Waals surface area (Å²) in [5.74, 6) is 1.49. The second-order valence-electron chi connectivity index (χ2n) is 8.88. The third kappa shape index (κ3) is 4.19. The molecule has 0 unspecified atom stereocenters. The number of benzene rings is 1. The van der Waals surface area contributed by atoms with E-state index >= 15 is 0 Å². The van der Waals surface area contributed by atoms with Gasteiger partial charge in [0.05, 0.1) is 6.61 Å². The van der Waals surface area contributed by atoms with Gasteiger partial charge < -0.3 is 9.64 Å². The fourth-order valence-electron chi connectivity index (χ4n) is 5.52. The molecular weight excluding hydrogens is 358 g/mol. The first-order chi connectivity index (χ1) is 14.4. The molecular formula is C25H33N3O. The highest BCUT2D eigenvalue weighted by Gasteiger charge is 2.36. The van der Waals surface area contributed by atoms with Gasteiger partial charge in [-0.2, -0.15) is 0 Å². The second kappa shape index (κ2) is 8.85. The highest BCUT2D eigenvalue weighted by molar-refractivity contribution is 5.46. The molecule has 2 atom stereocenters. The maximum absolute atomic E-state index is 6.20. The van der Waals surface area contributed by atoms with E-state index in [2.05, 4.69) is 45.1 Å². The van der Waals surface area contributed by atoms with Gasteiger partial charge in [-0.3, -0.25) is 9.88 Å². The molecule has 0 spiro atoms. The first-order valence-corrected chi connectivity index (χ1v) is 11.5. The molecule has 0 radical (unpaired) electrons. The largest absolute Gasteiger partial charge is 0.494 e. The van der Waals surface area contributed by atoms with Gasteiger partial charge in [0.1, 0.15) is 5.75 Å². The third-order valence-electron chi connectivity index (χ3n) is 7.02. The predicted octanol–water partition coefficient (Wildman–Crippen LogP) is 4.62. The summed E-state index contributed by atoms with van der Waals surface area (Å²) in [4.78, 5) is 9.48. The Morgan fingerprint density at radius 3 is 2.66 bits per heavy atom. The van der Waals surface area contributed by atoms with Crippen LogP contribution in [-0.4, -0.2) is 54.1 Å². The van der Waals surface area contributed by atoms with Crippen molar-refractivity contribution < 1.29 is 4.74 Å². The number of rotatable bonds is 6. The van der Waals surface area contributed by atoms with Crippen molar-refractivity contribution in [3.05, 3.63) is 59.4 Å². The molecule has 0 bridgehead atoms. The number of hydrogen-bond donors (Lipinski definition) is 0. The first kappa shape index (κ1) is 19.1. The molecule has 5 rings (SSSR count). The van der Waals surface area contributed by atoms with Gasteiger partial charge in [0.25, 0.3) is 0 Å². The lowest BCUT2D eigenvalue weighted by molar-refractivity contribution is 0.204. The van der Waals surface area contributed by atoms with Crippen LogP contribution in [0.1, 0.15) is 67.2 Å². The van der Waals surface area contributed by atoms with Gasteiger partial charge in [-0.1, -0.05) is 12.5 Å². The van der Waals surface area contributed by atoms with Crippen molar-refractivity contribution in [1.29, 1.82) is 0 Å². The Hall–Kier alpha value is -1.91. The Balaban J connectivity index is 1.29. The van der Waals surface area contributed by atoms with Crippen molar-refractivity contribution in [2.45, 2.75) is 50.5 Å². The molecule has 0 amide bonds. The quantitative estimate of drug-likeness (QED) is 0.672. The van der Waals surface area contributed by atoms with E-state index in [-0.39, 0.29) is 0 Å². The molecule has 1 aromatic carbocycles. The summed E-state index contributed by atoms with van der Waals surface area (Å²) >= 11 is 0. The zero-order valence-corrected chi connectivity index (χ0v) is 17.4. The molecule has 2 aromatic rings. The number of likely N-dealkylation sites (tertiary alicyclic amines) is 1. The molecule has 3 aliphatic heterocycles. The van der Waals surface area contributed by atoms with Gasteiger partial charge in [0.15, 0.2) is 0 Å². The van der Waals surface area contributed by atoms with E-state index < -0.39 is 0 Å². The van der Waals surface area contributed by atoms with E-state index in [4.69, 9.17) is 4.74 Å². The van der Waals surface area contributed by atoms with Crippen LogP contribution in [0.3, 0.4) is 0 Å². The lowest BCUT2D eigenvalue weighted by Crippen LogP contribution is -2.34. The average Bonchev–Trinajstić information content (AvgIpc) is 3.26. The van der Waals surface area contributed by atoms with Crippen LogP contribution >= 0.6 is 0 Å². The van der Waals surface area contributed by atoms with E-state index in [1.165, 1.54) is 75.0 Å². The molecule has 0 N–H and O–H groups in total. The van der Waals surface area contributed by atoms with Crippen molar-refractivity contribution in [3.63, 3.8) is 0 Å². The smallest absolute Gasteiger partial charge is 0.119 e. The van der Waals surface area contributed by atoms with Crippen LogP contribution < -0.4 is 4.74 Å². The van der Waals surface area contributed by atoms with Gasteiger partial charge in [0.2, 0.25) is 0 Å². The van der Waals surface area contributed by atoms with Crippen molar-refractivity contribution in [1.82, 2.24) is 14.8 Å². The summed E-state index contributed by atoms with van der Waals surface area (Å²) in [5, 5.41) is 0. The van der Waals surface area contributed by atoms with Crippen LogP contribution in [0.2, 0.25) is 0 Å². The van der Waals surface area contributed by atoms with Crippen molar-refractivity contribution in [2.24, 2.45) is 0 Å². The fourth-order valence-corrected chi connectivity index (χ4v) is 5.52. The summed E-state index contributed by atoms with van der Waals surface area (Å²) in [6.07, 6.45) is 11.7. The molecule has 1 aromatic heterocycles. The summed E-state index contributed by atoms with van der Waals surface area (Å²) in [6.45, 7) is 6.87. The fraction of sp³-hybridized carbons (Fsp3) is 0.560. The van der Waals surface area contributed by atoms with Crippen molar-refractivity contribution in [2.75, 3.05) is 39.3 Å². The molecule has 4 nitrogen and oxygen atoms in total. The Bertz CT molecular complexity index is 803. The zero-order valence-electron chi connectivity index (χ0n) is 17.4. The molecule has 0 saturated carbocycles. The molecule has 2 saturated heterocycles. The van der Waals surface area contributed by atoms with E-state index in [1.54, 1.807) is 0 Å². The van der Waals surface area contributed by atoms with E-state index in [0.717, 1.165) is 25.3 Å². The van der Waals surface area contributed by atoms with E-state index in [0.29, 0.717) is 12.0 Å². The van der Waals surface area contributed by atoms with Crippen LogP contribution in [0.4, 0.5) is 0 Å². The Labute approximate surface area is 174 Å². The molecule has 0 aliphatic carbocycles. The van der Waals surface area contributed by atoms with Crippen molar-refractivity contribution >= 4 is 0 Å². The van der Waals surface area contributed by atoms with Gasteiger partial charge in [0, 0.05) is 37.4 Å². The first-order valence-electron chi connectivity index (χ1n) is 11.5. The van der Waals surface area contributed by atoms with Gasteiger partial charge in [-0.25, -0.2) is 0 Å². The Morgan fingerprint density at radius 2 is 1.79 bits per heavy atom. The minimum absolute atomic E-state index is 0.440. The SMILES string of the molecule is c1cc([C@H]2CN3CCC[C@H]3c3cc(OCCCN4CCCCC4)ccc32)ccn1. The van der Waals surface area contributed by atoms with Gasteiger partial charge in [-0.05, 0) is 92.7 Å². The lowest BCUT2D eigenvalue weighted by atomic mass is 9.82. The maximum Gasteiger partial charge on any atom is 0.119 e. The van der Waals surface area contributed by atoms with Crippen molar-refractivity contribution in [3.8, 4) is 5.75 Å². The number of pyridine rings is 1. The van der Waals surface area contributed by atoms with Crippen LogP contribution in [-0.2, 0) is 0 Å². The number of hydrogen-bond acceptors (Lipinski definition) is 4. The van der Waals surface area contributed by atoms with Crippen LogP contribution in [0.5, 0.6) is 5.75 Å². The third-order valence-corrected chi connectivity index (χ3v) is 7.02. The molecule has 4 heteroatoms. The summed E-state index contributed by atoms with van der Waals surface area (Å²) in [6, 6.07) is 11.8. The zero-order chi connectivity index (χ0) is 19.5. The molecule has 2 fully saturated rings. The number of aromatic nitrogens is 1. The van der Waals surface area contributed by atoms with E-state index in [9.17, 15) is 0 Å². The van der Waals surface area contributed by atoms with Crippen LogP contribution in [0.15, 0.2) is 42.7 Å². The maximum atomic E-state index is 6.20. The minimum Gasteiger partial charge on any atom is -0.494 e. The van der Waals surface area contributed by atoms with Gasteiger partial charge >= 0.3 is 0 Å². The number of piperidine rings is 1. The number of ether oxygens (including phenoxy) is 1. The summed E-state index contributed by atoms with van der Waals surface area (Å²) in [7, 11) is 0. The topological polar surface area (TPSA) is 28.6 Å². The second-order valence-corrected chi connectivity index (χ2v) is 8.88. The van der Waals surface area contributed by atoms with E-state index in [1.807, 2.05) is 12.4 Å². The summed E-state index contributed by atoms with van der Waals surface area (Å²) < 4.78 is 6.20. The monoisotopic (exact) mass is 391 g/mol. The highest BCUT2D eigenvalue weighted by Crippen LogP contribution is 2.45. The number of nitrogens with zero attached hydrogens (tertiary/aromatic N) is 3. The molecule has 3 aliphatic rings. The van der Waals surface area contributed by atoms with Gasteiger partial charge in [-0.15, -0.1) is 0 Å². The molecule has 29 heavy (non-hydrogen) atoms. The predicted molar refractivity (Wildman–Crippen MR) is 116 cm³/mol. The lowest BCUT2D eigenvalue weighted by Gasteiger charge is -2.37. The Morgan fingerprint density at radius 1 is 0.931 bits per heavy atom. The normalized spacial score (nSPS) is 24.8.